The van der Waals surface area contributed by atoms with Gasteiger partial charge < -0.3 is 0 Å². The van der Waals surface area contributed by atoms with Crippen LogP contribution in [-0.4, -0.2) is 11.4 Å². The van der Waals surface area contributed by atoms with Crippen molar-refractivity contribution in [1.29, 1.82) is 0 Å². The Hall–Kier alpha value is -0.906. The zero-order chi connectivity index (χ0) is 17.2. The summed E-state index contributed by atoms with van der Waals surface area (Å²) in [6, 6.07) is 11.8. The monoisotopic (exact) mass is 488 g/mol. The Morgan fingerprint density at radius 3 is 1.26 bits per heavy atom. The van der Waals surface area contributed by atoms with Gasteiger partial charge in [-0.15, -0.1) is 0 Å². The molecule has 0 amide bonds. The summed E-state index contributed by atoms with van der Waals surface area (Å²) >= 11 is 6.00. The minimum absolute atomic E-state index is 0.293. The average Bonchev–Trinajstić information content (AvgIpc) is 2.52. The molecule has 2 rings (SSSR count). The van der Waals surface area contributed by atoms with E-state index in [1.54, 1.807) is 24.3 Å². The predicted octanol–water partition coefficient (Wildman–Crippen LogP) is 6.54. The molecule has 0 heterocycles. The second-order valence-corrected chi connectivity index (χ2v) is 9.38. The fourth-order valence-corrected chi connectivity index (χ4v) is 1.58. The molecule has 2 aromatic carbocycles. The van der Waals surface area contributed by atoms with E-state index >= 15 is 0 Å². The first-order valence-corrected chi connectivity index (χ1v) is 11.3. The normalized spacial score (nSPS) is 11.9. The molecule has 0 spiro atoms. The maximum atomic E-state index is 12.8. The van der Waals surface area contributed by atoms with Crippen LogP contribution in [0.4, 0.5) is 20.2 Å². The molecule has 0 saturated heterocycles. The van der Waals surface area contributed by atoms with Gasteiger partial charge in [-0.3, -0.25) is 9.98 Å². The molecule has 0 N–H and O–H groups in total. The van der Waals surface area contributed by atoms with E-state index in [9.17, 15) is 8.78 Å². The van der Waals surface area contributed by atoms with E-state index in [-0.39, 0.29) is 11.6 Å². The molecule has 0 unspecified atom stereocenters. The van der Waals surface area contributed by atoms with Crippen LogP contribution >= 0.6 is 28.5 Å². The summed E-state index contributed by atoms with van der Waals surface area (Å²) in [7, 11) is 1.25. The van der Waals surface area contributed by atoms with E-state index in [0.717, 1.165) is 11.4 Å². The quantitative estimate of drug-likeness (QED) is 0.345. The van der Waals surface area contributed by atoms with Crippen molar-refractivity contribution in [2.24, 2.45) is 9.98 Å². The maximum absolute atomic E-state index is 12.8. The molecule has 0 aliphatic heterocycles. The van der Waals surface area contributed by atoms with E-state index in [4.69, 9.17) is 0 Å². The van der Waals surface area contributed by atoms with Crippen LogP contribution < -0.4 is 0 Å². The van der Waals surface area contributed by atoms with E-state index in [0.29, 0.717) is 11.4 Å². The van der Waals surface area contributed by atoms with Gasteiger partial charge in [0.1, 0.15) is 11.6 Å². The topological polar surface area (TPSA) is 24.7 Å². The summed E-state index contributed by atoms with van der Waals surface area (Å²) in [5, 5.41) is 0. The van der Waals surface area contributed by atoms with Crippen molar-refractivity contribution < 1.29 is 19.7 Å². The first-order chi connectivity index (χ1) is 11.0. The summed E-state index contributed by atoms with van der Waals surface area (Å²) in [6.07, 6.45) is 0. The Morgan fingerprint density at radius 2 is 1.00 bits per heavy atom. The number of nitrogens with zero attached hydrogens (tertiary/aromatic N) is 2. The SMILES string of the molecule is CC(=Nc1ccc(F)cc1)C(C)=Nc1ccc(F)cc1.[Br][Ni][Br]. The van der Waals surface area contributed by atoms with Gasteiger partial charge >= 0.3 is 39.3 Å². The molecule has 0 fully saturated rings. The summed E-state index contributed by atoms with van der Waals surface area (Å²) in [4.78, 5) is 8.72. The average molecular weight is 491 g/mol. The van der Waals surface area contributed by atoms with Gasteiger partial charge in [0.25, 0.3) is 0 Å². The summed E-state index contributed by atoms with van der Waals surface area (Å²) < 4.78 is 25.6. The van der Waals surface area contributed by atoms with Gasteiger partial charge in [0.15, 0.2) is 0 Å². The van der Waals surface area contributed by atoms with Crippen LogP contribution in [0.5, 0.6) is 0 Å². The van der Waals surface area contributed by atoms with E-state index in [1.807, 2.05) is 13.8 Å². The van der Waals surface area contributed by atoms with Gasteiger partial charge in [-0.2, -0.15) is 0 Å². The summed E-state index contributed by atoms with van der Waals surface area (Å²) in [5.74, 6) is -0.586. The molecule has 2 nitrogen and oxygen atoms in total. The molecular formula is C16H14Br2F2N2Ni. The van der Waals surface area contributed by atoms with Crippen molar-refractivity contribution in [3.63, 3.8) is 0 Å². The molecule has 7 heteroatoms. The molecular weight excluding hydrogens is 477 g/mol. The van der Waals surface area contributed by atoms with Crippen LogP contribution in [-0.2, 0) is 10.9 Å². The van der Waals surface area contributed by atoms with Gasteiger partial charge in [0, 0.05) is 0 Å². The Bertz CT molecular complexity index is 612. The van der Waals surface area contributed by atoms with Crippen LogP contribution in [0.1, 0.15) is 13.8 Å². The van der Waals surface area contributed by atoms with Crippen molar-refractivity contribution in [3.8, 4) is 0 Å². The Morgan fingerprint density at radius 1 is 0.739 bits per heavy atom. The molecule has 0 aliphatic carbocycles. The van der Waals surface area contributed by atoms with Crippen molar-refractivity contribution >= 4 is 51.2 Å². The molecule has 0 aromatic heterocycles. The molecule has 2 aromatic rings. The number of rotatable bonds is 3. The molecule has 23 heavy (non-hydrogen) atoms. The second kappa shape index (κ2) is 10.8. The van der Waals surface area contributed by atoms with Crippen LogP contribution in [0.25, 0.3) is 0 Å². The predicted molar refractivity (Wildman–Crippen MR) is 96.2 cm³/mol. The summed E-state index contributed by atoms with van der Waals surface area (Å²) in [6.45, 7) is 3.65. The van der Waals surface area contributed by atoms with Crippen LogP contribution in [0.2, 0.25) is 0 Å². The third-order valence-electron chi connectivity index (χ3n) is 2.77. The fourth-order valence-electron chi connectivity index (χ4n) is 1.58. The first-order valence-electron chi connectivity index (χ1n) is 6.40. The standard InChI is InChI=1S/C16H14F2N2.2BrH.Ni/c1-11(19-15-7-3-13(17)4-8-15)12(2)20-16-9-5-14(18)6-10-16;;;/h3-10H,1-2H3;2*1H;/q;;;+2/p-2. The second-order valence-electron chi connectivity index (χ2n) is 4.39. The van der Waals surface area contributed by atoms with Gasteiger partial charge in [-0.1, -0.05) is 0 Å². The summed E-state index contributed by atoms with van der Waals surface area (Å²) in [5.41, 5.74) is 2.77. The third kappa shape index (κ3) is 7.95. The van der Waals surface area contributed by atoms with Crippen LogP contribution in [0, 0.1) is 11.6 Å². The van der Waals surface area contributed by atoms with Gasteiger partial charge in [-0.05, 0) is 62.4 Å². The zero-order valence-electron chi connectivity index (χ0n) is 12.3. The molecule has 0 bridgehead atoms. The van der Waals surface area contributed by atoms with Crippen LogP contribution in [0.3, 0.4) is 0 Å². The third-order valence-corrected chi connectivity index (χ3v) is 2.77. The van der Waals surface area contributed by atoms with E-state index in [2.05, 4.69) is 38.4 Å². The van der Waals surface area contributed by atoms with E-state index in [1.165, 1.54) is 35.2 Å². The van der Waals surface area contributed by atoms with Crippen molar-refractivity contribution in [2.45, 2.75) is 13.8 Å². The van der Waals surface area contributed by atoms with Gasteiger partial charge in [-0.25, -0.2) is 8.78 Å². The molecule has 0 saturated carbocycles. The zero-order valence-corrected chi connectivity index (χ0v) is 16.5. The molecule has 0 radical (unpaired) electrons. The number of aliphatic imine (C=N–C) groups is 2. The van der Waals surface area contributed by atoms with Crippen molar-refractivity contribution in [2.75, 3.05) is 0 Å². The number of halogens is 4. The Kier molecular flexibility index (Phi) is 9.45. The van der Waals surface area contributed by atoms with E-state index < -0.39 is 0 Å². The van der Waals surface area contributed by atoms with Crippen molar-refractivity contribution in [3.05, 3.63) is 60.2 Å². The van der Waals surface area contributed by atoms with Gasteiger partial charge in [0.05, 0.1) is 22.8 Å². The first kappa shape index (κ1) is 20.1. The molecule has 126 valence electrons. The Balaban J connectivity index is 0.000000816. The minimum atomic E-state index is -0.293. The van der Waals surface area contributed by atoms with Crippen LogP contribution in [0.15, 0.2) is 58.5 Å². The number of hydrogen-bond donors (Lipinski definition) is 0. The fraction of sp³-hybridized carbons (Fsp3) is 0.125. The molecule has 0 aliphatic rings. The molecule has 0 atom stereocenters. The number of benzene rings is 2. The van der Waals surface area contributed by atoms with Crippen molar-refractivity contribution in [1.82, 2.24) is 0 Å². The Labute approximate surface area is 154 Å². The number of hydrogen-bond acceptors (Lipinski definition) is 2. The van der Waals surface area contributed by atoms with Gasteiger partial charge in [0.2, 0.25) is 0 Å².